The molecule has 1 heterocycles. The lowest BCUT2D eigenvalue weighted by molar-refractivity contribution is -0.139. The molecule has 180 valence electrons. The Morgan fingerprint density at radius 2 is 1.79 bits per heavy atom. The third kappa shape index (κ3) is 5.70. The molecule has 0 spiro atoms. The molecule has 0 bridgehead atoms. The minimum atomic E-state index is -5.10. The monoisotopic (exact) mass is 513 g/mol. The smallest absolute Gasteiger partial charge is 0.325 e. The van der Waals surface area contributed by atoms with E-state index < -0.39 is 74.7 Å². The highest BCUT2D eigenvalue weighted by molar-refractivity contribution is 8.18. The van der Waals surface area contributed by atoms with E-state index in [-0.39, 0.29) is 17.7 Å². The first-order valence-corrected chi connectivity index (χ1v) is 11.6. The van der Waals surface area contributed by atoms with Crippen LogP contribution in [-0.2, 0) is 25.8 Å². The van der Waals surface area contributed by atoms with Crippen molar-refractivity contribution < 1.29 is 44.8 Å². The summed E-state index contributed by atoms with van der Waals surface area (Å²) in [5.41, 5.74) is -1.66. The number of nitrogens with one attached hydrogen (secondary N) is 1. The van der Waals surface area contributed by atoms with Gasteiger partial charge in [0.05, 0.1) is 15.4 Å². The average molecular weight is 513 g/mol. The quantitative estimate of drug-likeness (QED) is 0.469. The number of sulfonamides is 1. The Morgan fingerprint density at radius 1 is 1.18 bits per heavy atom. The summed E-state index contributed by atoms with van der Waals surface area (Å²) in [5.74, 6) is -4.73. The Morgan fingerprint density at radius 3 is 2.33 bits per heavy atom. The van der Waals surface area contributed by atoms with Gasteiger partial charge in [0.15, 0.2) is 0 Å². The molecule has 1 aliphatic carbocycles. The van der Waals surface area contributed by atoms with E-state index in [1.807, 2.05) is 0 Å². The van der Waals surface area contributed by atoms with Gasteiger partial charge in [-0.05, 0) is 42.8 Å². The van der Waals surface area contributed by atoms with Crippen molar-refractivity contribution in [1.82, 2.24) is 4.90 Å². The van der Waals surface area contributed by atoms with Crippen LogP contribution in [-0.4, -0.2) is 42.8 Å². The number of hydrogen-bond donors (Lipinski definition) is 2. The molecule has 15 heteroatoms. The fraction of sp³-hybridized carbons (Fsp3) is 0.389. The highest BCUT2D eigenvalue weighted by Crippen LogP contribution is 2.42. The van der Waals surface area contributed by atoms with Gasteiger partial charge in [-0.15, -0.1) is 0 Å². The summed E-state index contributed by atoms with van der Waals surface area (Å²) in [4.78, 5) is 36.3. The molecule has 1 saturated heterocycles. The van der Waals surface area contributed by atoms with Crippen LogP contribution in [0.2, 0.25) is 0 Å². The Hall–Kier alpha value is -2.52. The fourth-order valence-corrected chi connectivity index (χ4v) is 5.03. The van der Waals surface area contributed by atoms with Crippen molar-refractivity contribution in [3.05, 3.63) is 34.2 Å². The van der Waals surface area contributed by atoms with Gasteiger partial charge in [0.1, 0.15) is 6.54 Å². The van der Waals surface area contributed by atoms with Crippen LogP contribution in [0.5, 0.6) is 0 Å². The molecule has 0 atom stereocenters. The number of carbonyl (C=O) groups is 3. The number of carbonyl (C=O) groups excluding carboxylic acids is 3. The number of primary sulfonamides is 1. The Bertz CT molecular complexity index is 1150. The van der Waals surface area contributed by atoms with Gasteiger partial charge >= 0.3 is 6.18 Å². The SMILES string of the molecule is NS(=O)(=O)c1ccc(NC(=O)CN2C(=O)SC(=C3CCC(F)(F)CC3)C2=O)cc1C(F)(F)F. The van der Waals surface area contributed by atoms with Crippen LogP contribution >= 0.6 is 11.8 Å². The van der Waals surface area contributed by atoms with E-state index in [4.69, 9.17) is 5.14 Å². The molecule has 0 radical (unpaired) electrons. The van der Waals surface area contributed by atoms with E-state index in [9.17, 15) is 44.8 Å². The third-order valence-electron chi connectivity index (χ3n) is 4.93. The van der Waals surface area contributed by atoms with Gasteiger partial charge in [-0.25, -0.2) is 22.3 Å². The summed E-state index contributed by atoms with van der Waals surface area (Å²) in [6, 6.07) is 1.79. The number of amides is 3. The number of thioether (sulfide) groups is 1. The zero-order chi connectivity index (χ0) is 24.8. The number of alkyl halides is 5. The van der Waals surface area contributed by atoms with Gasteiger partial charge in [-0.1, -0.05) is 5.57 Å². The third-order valence-corrected chi connectivity index (χ3v) is 6.96. The molecule has 1 saturated carbocycles. The fourth-order valence-electron chi connectivity index (χ4n) is 3.32. The van der Waals surface area contributed by atoms with E-state index >= 15 is 0 Å². The van der Waals surface area contributed by atoms with E-state index in [0.717, 1.165) is 6.07 Å². The van der Waals surface area contributed by atoms with Crippen molar-refractivity contribution in [3.8, 4) is 0 Å². The molecule has 0 unspecified atom stereocenters. The first-order chi connectivity index (χ1) is 15.1. The summed E-state index contributed by atoms with van der Waals surface area (Å²) in [6.45, 7) is -0.837. The van der Waals surface area contributed by atoms with Gasteiger partial charge in [0.25, 0.3) is 11.1 Å². The zero-order valence-electron chi connectivity index (χ0n) is 16.5. The lowest BCUT2D eigenvalue weighted by Crippen LogP contribution is -2.36. The average Bonchev–Trinajstić information content (AvgIpc) is 2.94. The standard InChI is InChI=1S/C18H16F5N3O5S2/c19-17(20)5-3-9(4-6-17)14-15(28)26(16(29)32-14)8-13(27)25-10-1-2-12(33(24,30)31)11(7-10)18(21,22)23/h1-2,7H,3-6,8H2,(H,25,27)(H2,24,30,31). The lowest BCUT2D eigenvalue weighted by atomic mass is 9.91. The molecular formula is C18H16F5N3O5S2. The second-order valence-corrected chi connectivity index (χ2v) is 9.84. The Balaban J connectivity index is 1.75. The van der Waals surface area contributed by atoms with Crippen LogP contribution in [0.25, 0.3) is 0 Å². The maximum absolute atomic E-state index is 13.3. The number of halogens is 5. The van der Waals surface area contributed by atoms with Gasteiger partial charge in [0, 0.05) is 18.5 Å². The summed E-state index contributed by atoms with van der Waals surface area (Å²) in [7, 11) is -4.70. The van der Waals surface area contributed by atoms with Crippen molar-refractivity contribution in [2.75, 3.05) is 11.9 Å². The van der Waals surface area contributed by atoms with Crippen LogP contribution in [0, 0.1) is 0 Å². The Labute approximate surface area is 188 Å². The summed E-state index contributed by atoms with van der Waals surface area (Å²) < 4.78 is 89.1. The minimum absolute atomic E-state index is 0.0276. The van der Waals surface area contributed by atoms with Crippen molar-refractivity contribution >= 4 is 44.5 Å². The first-order valence-electron chi connectivity index (χ1n) is 9.26. The number of rotatable bonds is 4. The number of nitrogens with two attached hydrogens (primary N) is 1. The van der Waals surface area contributed by atoms with Crippen molar-refractivity contribution in [1.29, 1.82) is 0 Å². The van der Waals surface area contributed by atoms with E-state index in [1.54, 1.807) is 0 Å². The maximum Gasteiger partial charge on any atom is 0.417 e. The Kier molecular flexibility index (Phi) is 6.61. The summed E-state index contributed by atoms with van der Waals surface area (Å²) in [5, 5.41) is 6.03. The molecule has 33 heavy (non-hydrogen) atoms. The van der Waals surface area contributed by atoms with E-state index in [0.29, 0.717) is 34.4 Å². The molecule has 1 aromatic carbocycles. The van der Waals surface area contributed by atoms with Crippen molar-refractivity contribution in [2.24, 2.45) is 5.14 Å². The second-order valence-electron chi connectivity index (χ2n) is 7.35. The van der Waals surface area contributed by atoms with Gasteiger partial charge in [0.2, 0.25) is 21.9 Å². The van der Waals surface area contributed by atoms with E-state index in [2.05, 4.69) is 5.32 Å². The predicted molar refractivity (Wildman–Crippen MR) is 107 cm³/mol. The molecule has 8 nitrogen and oxygen atoms in total. The van der Waals surface area contributed by atoms with Crippen LogP contribution in [0.15, 0.2) is 33.6 Å². The number of allylic oxidation sites excluding steroid dienone is 1. The van der Waals surface area contributed by atoms with Crippen molar-refractivity contribution in [2.45, 2.75) is 42.7 Å². The largest absolute Gasteiger partial charge is 0.417 e. The number of anilines is 1. The molecule has 2 fully saturated rings. The first kappa shape index (κ1) is 25.1. The van der Waals surface area contributed by atoms with Crippen LogP contribution in [0.4, 0.5) is 32.4 Å². The molecule has 0 aromatic heterocycles. The van der Waals surface area contributed by atoms with Gasteiger partial charge < -0.3 is 5.32 Å². The van der Waals surface area contributed by atoms with Crippen molar-refractivity contribution in [3.63, 3.8) is 0 Å². The second kappa shape index (κ2) is 8.68. The number of benzene rings is 1. The molecule has 1 aliphatic heterocycles. The van der Waals surface area contributed by atoms with Crippen LogP contribution < -0.4 is 10.5 Å². The number of hydrogen-bond acceptors (Lipinski definition) is 6. The molecule has 2 aliphatic rings. The summed E-state index contributed by atoms with van der Waals surface area (Å²) in [6.07, 6.45) is -6.19. The normalized spacial score (nSPS) is 19.3. The molecule has 1 aromatic rings. The highest BCUT2D eigenvalue weighted by Gasteiger charge is 2.41. The molecule has 3 amide bonds. The number of nitrogens with zero attached hydrogens (tertiary/aromatic N) is 1. The topological polar surface area (TPSA) is 127 Å². The van der Waals surface area contributed by atoms with Gasteiger partial charge in [-0.2, -0.15) is 13.2 Å². The highest BCUT2D eigenvalue weighted by atomic mass is 32.2. The van der Waals surface area contributed by atoms with Crippen LogP contribution in [0.3, 0.4) is 0 Å². The zero-order valence-corrected chi connectivity index (χ0v) is 18.2. The van der Waals surface area contributed by atoms with Crippen LogP contribution in [0.1, 0.15) is 31.2 Å². The van der Waals surface area contributed by atoms with Gasteiger partial charge in [-0.3, -0.25) is 19.3 Å². The summed E-state index contributed by atoms with van der Waals surface area (Å²) >= 11 is 0.510. The molecule has 3 rings (SSSR count). The number of imide groups is 1. The molecule has 3 N–H and O–H groups in total. The lowest BCUT2D eigenvalue weighted by Gasteiger charge is -2.24. The minimum Gasteiger partial charge on any atom is -0.325 e. The predicted octanol–water partition coefficient (Wildman–Crippen LogP) is 3.45. The maximum atomic E-state index is 13.3. The molecular weight excluding hydrogens is 497 g/mol. The van der Waals surface area contributed by atoms with E-state index in [1.165, 1.54) is 0 Å².